The number of rotatable bonds is 3. The summed E-state index contributed by atoms with van der Waals surface area (Å²) in [4.78, 5) is 0. The molecule has 2 aromatic rings. The molecule has 3 heteroatoms. The van der Waals surface area contributed by atoms with Gasteiger partial charge in [-0.25, -0.2) is 0 Å². The molecule has 2 rings (SSSR count). The molecule has 0 saturated heterocycles. The minimum absolute atomic E-state index is 0.145. The van der Waals surface area contributed by atoms with Gasteiger partial charge in [0.25, 0.3) is 0 Å². The SMILES string of the molecule is C/C(=C/Cl)COc1cc2ccccc2cc1O. The highest BCUT2D eigenvalue weighted by Crippen LogP contribution is 2.31. The number of aromatic hydroxyl groups is 1. The maximum atomic E-state index is 9.82. The van der Waals surface area contributed by atoms with Gasteiger partial charge in [0.2, 0.25) is 0 Å². The van der Waals surface area contributed by atoms with E-state index in [-0.39, 0.29) is 5.75 Å². The van der Waals surface area contributed by atoms with Crippen molar-refractivity contribution >= 4 is 22.4 Å². The van der Waals surface area contributed by atoms with Crippen LogP contribution in [0.4, 0.5) is 0 Å². The van der Waals surface area contributed by atoms with Crippen molar-refractivity contribution in [2.24, 2.45) is 0 Å². The van der Waals surface area contributed by atoms with Gasteiger partial charge < -0.3 is 9.84 Å². The van der Waals surface area contributed by atoms with Crippen molar-refractivity contribution in [1.29, 1.82) is 0 Å². The highest BCUT2D eigenvalue weighted by atomic mass is 35.5. The number of phenols is 1. The van der Waals surface area contributed by atoms with Gasteiger partial charge in [-0.1, -0.05) is 35.9 Å². The smallest absolute Gasteiger partial charge is 0.162 e. The van der Waals surface area contributed by atoms with Gasteiger partial charge in [0.15, 0.2) is 11.5 Å². The number of hydrogen-bond donors (Lipinski definition) is 1. The molecule has 0 spiro atoms. The maximum Gasteiger partial charge on any atom is 0.162 e. The zero-order chi connectivity index (χ0) is 12.3. The minimum atomic E-state index is 0.145. The van der Waals surface area contributed by atoms with E-state index in [9.17, 15) is 5.11 Å². The molecule has 0 heterocycles. The van der Waals surface area contributed by atoms with Crippen LogP contribution < -0.4 is 4.74 Å². The fourth-order valence-electron chi connectivity index (χ4n) is 1.55. The fourth-order valence-corrected chi connectivity index (χ4v) is 1.61. The van der Waals surface area contributed by atoms with E-state index >= 15 is 0 Å². The van der Waals surface area contributed by atoms with E-state index in [0.717, 1.165) is 16.3 Å². The molecule has 17 heavy (non-hydrogen) atoms. The molecule has 0 amide bonds. The average molecular weight is 249 g/mol. The monoisotopic (exact) mass is 248 g/mol. The molecular weight excluding hydrogens is 236 g/mol. The molecule has 0 aliphatic carbocycles. The summed E-state index contributed by atoms with van der Waals surface area (Å²) in [6.07, 6.45) is 0. The molecule has 2 aromatic carbocycles. The van der Waals surface area contributed by atoms with Crippen molar-refractivity contribution in [2.75, 3.05) is 6.61 Å². The van der Waals surface area contributed by atoms with Gasteiger partial charge in [0.05, 0.1) is 0 Å². The van der Waals surface area contributed by atoms with Crippen LogP contribution in [-0.4, -0.2) is 11.7 Å². The van der Waals surface area contributed by atoms with Crippen LogP contribution in [0.5, 0.6) is 11.5 Å². The number of hydrogen-bond acceptors (Lipinski definition) is 2. The topological polar surface area (TPSA) is 29.5 Å². The van der Waals surface area contributed by atoms with Gasteiger partial charge in [0.1, 0.15) is 6.61 Å². The summed E-state index contributed by atoms with van der Waals surface area (Å²) in [5.74, 6) is 0.618. The Labute approximate surface area is 105 Å². The molecule has 0 aromatic heterocycles. The van der Waals surface area contributed by atoms with Gasteiger partial charge in [-0.2, -0.15) is 0 Å². The number of benzene rings is 2. The highest BCUT2D eigenvalue weighted by Gasteiger charge is 2.04. The van der Waals surface area contributed by atoms with E-state index in [1.165, 1.54) is 5.54 Å². The third-order valence-corrected chi connectivity index (χ3v) is 2.84. The quantitative estimate of drug-likeness (QED) is 0.887. The van der Waals surface area contributed by atoms with Crippen LogP contribution >= 0.6 is 11.6 Å². The highest BCUT2D eigenvalue weighted by molar-refractivity contribution is 6.25. The van der Waals surface area contributed by atoms with Crippen molar-refractivity contribution in [3.8, 4) is 11.5 Å². The molecule has 1 N–H and O–H groups in total. The van der Waals surface area contributed by atoms with E-state index in [1.807, 2.05) is 37.3 Å². The molecule has 0 saturated carbocycles. The third-order valence-electron chi connectivity index (χ3n) is 2.47. The predicted octanol–water partition coefficient (Wildman–Crippen LogP) is 4.07. The Bertz CT molecular complexity index is 561. The lowest BCUT2D eigenvalue weighted by molar-refractivity contribution is 0.329. The second kappa shape index (κ2) is 5.11. The number of halogens is 1. The number of phenolic OH excluding ortho intramolecular Hbond substituents is 1. The normalized spacial score (nSPS) is 11.8. The Morgan fingerprint density at radius 3 is 2.59 bits per heavy atom. The van der Waals surface area contributed by atoms with Crippen LogP contribution in [0.15, 0.2) is 47.5 Å². The summed E-state index contributed by atoms with van der Waals surface area (Å²) in [5, 5.41) is 11.8. The Morgan fingerprint density at radius 2 is 1.94 bits per heavy atom. The molecule has 0 bridgehead atoms. The average Bonchev–Trinajstić information content (AvgIpc) is 2.35. The Hall–Kier alpha value is -1.67. The van der Waals surface area contributed by atoms with Crippen molar-refractivity contribution in [2.45, 2.75) is 6.92 Å². The summed E-state index contributed by atoms with van der Waals surface area (Å²) >= 11 is 5.55. The zero-order valence-electron chi connectivity index (χ0n) is 9.48. The van der Waals surface area contributed by atoms with Gasteiger partial charge in [-0.15, -0.1) is 0 Å². The van der Waals surface area contributed by atoms with Crippen LogP contribution in [0.25, 0.3) is 10.8 Å². The van der Waals surface area contributed by atoms with Crippen molar-refractivity contribution in [1.82, 2.24) is 0 Å². The second-order valence-corrected chi connectivity index (χ2v) is 4.13. The van der Waals surface area contributed by atoms with E-state index < -0.39 is 0 Å². The Balaban J connectivity index is 2.31. The summed E-state index contributed by atoms with van der Waals surface area (Å²) < 4.78 is 5.49. The molecule has 0 aliphatic heterocycles. The van der Waals surface area contributed by atoms with Crippen molar-refractivity contribution in [3.05, 3.63) is 47.5 Å². The molecule has 0 aliphatic rings. The molecular formula is C14H13ClO2. The lowest BCUT2D eigenvalue weighted by Crippen LogP contribution is -1.98. The molecule has 88 valence electrons. The van der Waals surface area contributed by atoms with Gasteiger partial charge in [-0.05, 0) is 35.4 Å². The van der Waals surface area contributed by atoms with E-state index in [2.05, 4.69) is 0 Å². The Morgan fingerprint density at radius 1 is 1.29 bits per heavy atom. The fraction of sp³-hybridized carbons (Fsp3) is 0.143. The van der Waals surface area contributed by atoms with Crippen LogP contribution in [-0.2, 0) is 0 Å². The molecule has 0 radical (unpaired) electrons. The molecule has 2 nitrogen and oxygen atoms in total. The van der Waals surface area contributed by atoms with Crippen LogP contribution in [0.1, 0.15) is 6.92 Å². The van der Waals surface area contributed by atoms with E-state index in [0.29, 0.717) is 12.4 Å². The van der Waals surface area contributed by atoms with Gasteiger partial charge in [0, 0.05) is 5.54 Å². The molecule has 0 unspecified atom stereocenters. The van der Waals surface area contributed by atoms with Crippen molar-refractivity contribution < 1.29 is 9.84 Å². The van der Waals surface area contributed by atoms with Crippen LogP contribution in [0, 0.1) is 0 Å². The first kappa shape index (κ1) is 11.8. The zero-order valence-corrected chi connectivity index (χ0v) is 10.2. The van der Waals surface area contributed by atoms with E-state index in [4.69, 9.17) is 16.3 Å². The standard InChI is InChI=1S/C14H13ClO2/c1-10(8-15)9-17-14-7-12-5-3-2-4-11(12)6-13(14)16/h2-8,16H,9H2,1H3/b10-8-. The first-order valence-electron chi connectivity index (χ1n) is 5.31. The Kier molecular flexibility index (Phi) is 3.55. The molecule has 0 atom stereocenters. The molecule has 0 fully saturated rings. The predicted molar refractivity (Wildman–Crippen MR) is 70.7 cm³/mol. The number of ether oxygens (including phenoxy) is 1. The maximum absolute atomic E-state index is 9.82. The van der Waals surface area contributed by atoms with Crippen LogP contribution in [0.3, 0.4) is 0 Å². The summed E-state index contributed by atoms with van der Waals surface area (Å²) in [5.41, 5.74) is 2.37. The van der Waals surface area contributed by atoms with Crippen LogP contribution in [0.2, 0.25) is 0 Å². The lowest BCUT2D eigenvalue weighted by atomic mass is 10.1. The summed E-state index contributed by atoms with van der Waals surface area (Å²) in [6.45, 7) is 2.24. The second-order valence-electron chi connectivity index (χ2n) is 3.91. The third kappa shape index (κ3) is 2.71. The largest absolute Gasteiger partial charge is 0.504 e. The van der Waals surface area contributed by atoms with Gasteiger partial charge in [-0.3, -0.25) is 0 Å². The first-order chi connectivity index (χ1) is 8.20. The lowest BCUT2D eigenvalue weighted by Gasteiger charge is -2.09. The summed E-state index contributed by atoms with van der Waals surface area (Å²) in [7, 11) is 0. The van der Waals surface area contributed by atoms with Gasteiger partial charge >= 0.3 is 0 Å². The first-order valence-corrected chi connectivity index (χ1v) is 5.75. The minimum Gasteiger partial charge on any atom is -0.504 e. The van der Waals surface area contributed by atoms with E-state index in [1.54, 1.807) is 6.07 Å². The summed E-state index contributed by atoms with van der Waals surface area (Å²) in [6, 6.07) is 11.3. The number of fused-ring (bicyclic) bond motifs is 1. The van der Waals surface area contributed by atoms with Crippen molar-refractivity contribution in [3.63, 3.8) is 0 Å².